The average molecular weight is 310 g/mol. The summed E-state index contributed by atoms with van der Waals surface area (Å²) in [6.45, 7) is 1.01. The van der Waals surface area contributed by atoms with E-state index in [2.05, 4.69) is 21.0 Å². The van der Waals surface area contributed by atoms with Gasteiger partial charge < -0.3 is 10.5 Å². The third kappa shape index (κ3) is 3.10. The number of primary amides is 1. The number of carbonyl (C=O) groups is 1. The zero-order valence-corrected chi connectivity index (χ0v) is 11.1. The number of nitrogens with two attached hydrogens (primary N) is 1. The van der Waals surface area contributed by atoms with Gasteiger partial charge in [-0.3, -0.25) is 9.48 Å². The largest absolute Gasteiger partial charge is 0.490 e. The summed E-state index contributed by atoms with van der Waals surface area (Å²) in [6, 6.07) is 7.61. The van der Waals surface area contributed by atoms with Crippen molar-refractivity contribution >= 4 is 21.8 Å². The molecule has 18 heavy (non-hydrogen) atoms. The third-order valence-corrected chi connectivity index (χ3v) is 2.99. The fourth-order valence-corrected chi connectivity index (χ4v) is 1.82. The highest BCUT2D eigenvalue weighted by Gasteiger charge is 2.04. The van der Waals surface area contributed by atoms with E-state index in [1.165, 1.54) is 6.20 Å². The molecule has 0 aliphatic heterocycles. The highest BCUT2D eigenvalue weighted by atomic mass is 79.9. The van der Waals surface area contributed by atoms with Crippen molar-refractivity contribution in [1.82, 2.24) is 9.78 Å². The van der Waals surface area contributed by atoms with Crippen molar-refractivity contribution in [3.05, 3.63) is 46.7 Å². The quantitative estimate of drug-likeness (QED) is 0.916. The molecule has 0 spiro atoms. The summed E-state index contributed by atoms with van der Waals surface area (Å²) in [6.07, 6.45) is 3.05. The number of amides is 1. The minimum atomic E-state index is -0.479. The van der Waals surface area contributed by atoms with Gasteiger partial charge in [-0.05, 0) is 28.1 Å². The molecule has 0 saturated heterocycles. The third-order valence-electron chi connectivity index (χ3n) is 2.33. The van der Waals surface area contributed by atoms with Crippen LogP contribution in [0.4, 0.5) is 0 Å². The number of rotatable bonds is 5. The van der Waals surface area contributed by atoms with Gasteiger partial charge in [0.1, 0.15) is 12.4 Å². The van der Waals surface area contributed by atoms with E-state index in [4.69, 9.17) is 10.5 Å². The molecule has 1 amide bonds. The Bertz CT molecular complexity index is 554. The normalized spacial score (nSPS) is 10.3. The van der Waals surface area contributed by atoms with Crippen LogP contribution in [0, 0.1) is 0 Å². The summed E-state index contributed by atoms with van der Waals surface area (Å²) in [5.74, 6) is 0.299. The maximum atomic E-state index is 10.9. The van der Waals surface area contributed by atoms with Gasteiger partial charge in [0, 0.05) is 6.20 Å². The van der Waals surface area contributed by atoms with E-state index in [1.54, 1.807) is 10.9 Å². The van der Waals surface area contributed by atoms with E-state index in [9.17, 15) is 4.79 Å². The molecule has 1 aromatic heterocycles. The van der Waals surface area contributed by atoms with Crippen molar-refractivity contribution < 1.29 is 9.53 Å². The van der Waals surface area contributed by atoms with Crippen LogP contribution >= 0.6 is 15.9 Å². The molecule has 6 heteroatoms. The molecule has 1 heterocycles. The highest BCUT2D eigenvalue weighted by molar-refractivity contribution is 9.10. The average Bonchev–Trinajstić information content (AvgIpc) is 2.80. The summed E-state index contributed by atoms with van der Waals surface area (Å²) < 4.78 is 8.11. The van der Waals surface area contributed by atoms with Crippen LogP contribution in [0.5, 0.6) is 5.75 Å². The lowest BCUT2D eigenvalue weighted by Gasteiger charge is -2.07. The topological polar surface area (TPSA) is 70.1 Å². The van der Waals surface area contributed by atoms with Crippen LogP contribution < -0.4 is 10.5 Å². The number of ether oxygens (including phenoxy) is 1. The van der Waals surface area contributed by atoms with Crippen LogP contribution in [0.2, 0.25) is 0 Å². The zero-order chi connectivity index (χ0) is 13.0. The predicted molar refractivity (Wildman–Crippen MR) is 70.4 cm³/mol. The van der Waals surface area contributed by atoms with Gasteiger partial charge in [0.2, 0.25) is 0 Å². The number of benzene rings is 1. The lowest BCUT2D eigenvalue weighted by Crippen LogP contribution is -2.11. The van der Waals surface area contributed by atoms with Crippen LogP contribution in [0.3, 0.4) is 0 Å². The van der Waals surface area contributed by atoms with Gasteiger partial charge >= 0.3 is 0 Å². The Morgan fingerprint density at radius 2 is 2.22 bits per heavy atom. The molecule has 1 aromatic carbocycles. The summed E-state index contributed by atoms with van der Waals surface area (Å²) >= 11 is 3.40. The standard InChI is InChI=1S/C12H12BrN3O2/c13-10-3-1-2-4-11(10)18-6-5-16-8-9(7-15-16)12(14)17/h1-4,7-8H,5-6H2,(H2,14,17). The van der Waals surface area contributed by atoms with Crippen LogP contribution in [-0.2, 0) is 6.54 Å². The number of nitrogens with zero attached hydrogens (tertiary/aromatic N) is 2. The smallest absolute Gasteiger partial charge is 0.251 e. The van der Waals surface area contributed by atoms with Gasteiger partial charge in [-0.15, -0.1) is 0 Å². The molecule has 0 aliphatic carbocycles. The number of carbonyl (C=O) groups excluding carboxylic acids is 1. The maximum Gasteiger partial charge on any atom is 0.251 e. The number of hydrogen-bond acceptors (Lipinski definition) is 3. The Morgan fingerprint density at radius 3 is 2.89 bits per heavy atom. The second-order valence-electron chi connectivity index (χ2n) is 3.64. The van der Waals surface area contributed by atoms with Crippen molar-refractivity contribution in [3.63, 3.8) is 0 Å². The van der Waals surface area contributed by atoms with Crippen LogP contribution in [-0.4, -0.2) is 22.3 Å². The Labute approximate surface area is 113 Å². The molecule has 0 atom stereocenters. The van der Waals surface area contributed by atoms with Gasteiger partial charge in [-0.1, -0.05) is 12.1 Å². The molecule has 0 fully saturated rings. The monoisotopic (exact) mass is 309 g/mol. The van der Waals surface area contributed by atoms with E-state index < -0.39 is 5.91 Å². The van der Waals surface area contributed by atoms with E-state index in [0.717, 1.165) is 10.2 Å². The molecule has 5 nitrogen and oxygen atoms in total. The predicted octanol–water partition coefficient (Wildman–Crippen LogP) is 1.82. The summed E-state index contributed by atoms with van der Waals surface area (Å²) in [5.41, 5.74) is 5.54. The Morgan fingerprint density at radius 1 is 1.44 bits per heavy atom. The fourth-order valence-electron chi connectivity index (χ4n) is 1.42. The molecule has 94 valence electrons. The van der Waals surface area contributed by atoms with Crippen molar-refractivity contribution in [3.8, 4) is 5.75 Å². The first-order chi connectivity index (χ1) is 8.66. The van der Waals surface area contributed by atoms with Crippen molar-refractivity contribution in [1.29, 1.82) is 0 Å². The van der Waals surface area contributed by atoms with Crippen LogP contribution in [0.25, 0.3) is 0 Å². The number of para-hydroxylation sites is 1. The van der Waals surface area contributed by atoms with Crippen molar-refractivity contribution in [2.45, 2.75) is 6.54 Å². The lowest BCUT2D eigenvalue weighted by molar-refractivity contribution is 0.1000. The number of hydrogen-bond donors (Lipinski definition) is 1. The summed E-state index contributed by atoms with van der Waals surface area (Å²) in [7, 11) is 0. The van der Waals surface area contributed by atoms with Gasteiger partial charge in [0.25, 0.3) is 5.91 Å². The second kappa shape index (κ2) is 5.68. The van der Waals surface area contributed by atoms with Gasteiger partial charge in [0.15, 0.2) is 0 Å². The minimum Gasteiger partial charge on any atom is -0.490 e. The van der Waals surface area contributed by atoms with E-state index in [0.29, 0.717) is 18.7 Å². The molecular weight excluding hydrogens is 298 g/mol. The number of halogens is 1. The molecule has 0 aliphatic rings. The van der Waals surface area contributed by atoms with Gasteiger partial charge in [0.05, 0.1) is 22.8 Å². The molecule has 0 unspecified atom stereocenters. The Hall–Kier alpha value is -1.82. The molecular formula is C12H12BrN3O2. The van der Waals surface area contributed by atoms with Crippen LogP contribution in [0.15, 0.2) is 41.1 Å². The fraction of sp³-hybridized carbons (Fsp3) is 0.167. The van der Waals surface area contributed by atoms with E-state index in [1.807, 2.05) is 24.3 Å². The summed E-state index contributed by atoms with van der Waals surface area (Å²) in [5, 5.41) is 4.02. The SMILES string of the molecule is NC(=O)c1cnn(CCOc2ccccc2Br)c1. The Balaban J connectivity index is 1.88. The first-order valence-corrected chi connectivity index (χ1v) is 6.15. The molecule has 2 aromatic rings. The van der Waals surface area contributed by atoms with Crippen molar-refractivity contribution in [2.24, 2.45) is 5.73 Å². The second-order valence-corrected chi connectivity index (χ2v) is 4.49. The number of aromatic nitrogens is 2. The first-order valence-electron chi connectivity index (χ1n) is 5.36. The lowest BCUT2D eigenvalue weighted by atomic mass is 10.3. The molecule has 2 N–H and O–H groups in total. The van der Waals surface area contributed by atoms with Crippen LogP contribution in [0.1, 0.15) is 10.4 Å². The van der Waals surface area contributed by atoms with E-state index >= 15 is 0 Å². The maximum absolute atomic E-state index is 10.9. The zero-order valence-electron chi connectivity index (χ0n) is 9.54. The molecule has 0 radical (unpaired) electrons. The first kappa shape index (κ1) is 12.6. The highest BCUT2D eigenvalue weighted by Crippen LogP contribution is 2.23. The molecule has 2 rings (SSSR count). The van der Waals surface area contributed by atoms with Gasteiger partial charge in [-0.2, -0.15) is 5.10 Å². The Kier molecular flexibility index (Phi) is 3.99. The van der Waals surface area contributed by atoms with E-state index in [-0.39, 0.29) is 0 Å². The molecule has 0 saturated carbocycles. The molecule has 0 bridgehead atoms. The minimum absolute atomic E-state index is 0.399. The summed E-state index contributed by atoms with van der Waals surface area (Å²) in [4.78, 5) is 10.9. The van der Waals surface area contributed by atoms with Crippen molar-refractivity contribution in [2.75, 3.05) is 6.61 Å². The van der Waals surface area contributed by atoms with Gasteiger partial charge in [-0.25, -0.2) is 0 Å².